The van der Waals surface area contributed by atoms with Crippen molar-refractivity contribution in [1.29, 1.82) is 0 Å². The van der Waals surface area contributed by atoms with Gasteiger partial charge in [0.15, 0.2) is 0 Å². The predicted molar refractivity (Wildman–Crippen MR) is 137 cm³/mol. The molecule has 0 saturated carbocycles. The first-order chi connectivity index (χ1) is 16.6. The summed E-state index contributed by atoms with van der Waals surface area (Å²) in [6.07, 6.45) is 5.13. The average molecular weight is 504 g/mol. The van der Waals surface area contributed by atoms with Gasteiger partial charge < -0.3 is 25.2 Å². The van der Waals surface area contributed by atoms with E-state index >= 15 is 0 Å². The summed E-state index contributed by atoms with van der Waals surface area (Å²) >= 11 is 0. The number of phenolic OH excluding ortho intramolecular Hbond substituents is 1. The smallest absolute Gasteiger partial charge is 0.330 e. The molecule has 1 aliphatic heterocycles. The molecule has 2 aromatic carbocycles. The molecule has 1 saturated heterocycles. The van der Waals surface area contributed by atoms with Gasteiger partial charge in [0.2, 0.25) is 10.0 Å². The van der Waals surface area contributed by atoms with Gasteiger partial charge in [-0.05, 0) is 61.2 Å². The maximum atomic E-state index is 11.5. The van der Waals surface area contributed by atoms with Gasteiger partial charge in [-0.1, -0.05) is 18.2 Å². The average Bonchev–Trinajstić information content (AvgIpc) is 2.82. The second-order valence-electron chi connectivity index (χ2n) is 8.51. The van der Waals surface area contributed by atoms with E-state index in [0.29, 0.717) is 18.7 Å². The number of aliphatic hydroxyl groups is 1. The maximum Gasteiger partial charge on any atom is 0.330 e. The lowest BCUT2D eigenvalue weighted by Gasteiger charge is -2.34. The number of carbonyl (C=O) groups is 1. The first-order valence-electron chi connectivity index (χ1n) is 11.6. The molecule has 0 unspecified atom stereocenters. The third-order valence-electron chi connectivity index (χ3n) is 5.75. The molecule has 35 heavy (non-hydrogen) atoms. The van der Waals surface area contributed by atoms with Gasteiger partial charge in [-0.2, -0.15) is 0 Å². The molecule has 9 nitrogen and oxygen atoms in total. The second kappa shape index (κ2) is 12.1. The molecule has 0 spiro atoms. The zero-order valence-electron chi connectivity index (χ0n) is 20.0. The summed E-state index contributed by atoms with van der Waals surface area (Å²) in [4.78, 5) is 13.7. The lowest BCUT2D eigenvalue weighted by atomic mass is 10.0. The molecule has 2 aromatic rings. The lowest BCUT2D eigenvalue weighted by molar-refractivity contribution is -0.137. The molecule has 1 aliphatic rings. The van der Waals surface area contributed by atoms with Crippen molar-refractivity contribution in [3.05, 3.63) is 59.7 Å². The van der Waals surface area contributed by atoms with E-state index in [9.17, 15) is 23.4 Å². The third-order valence-corrected chi connectivity index (χ3v) is 6.34. The van der Waals surface area contributed by atoms with E-state index in [0.717, 1.165) is 43.4 Å². The number of nitrogens with one attached hydrogen (secondary N) is 2. The van der Waals surface area contributed by atoms with Crippen LogP contribution < -0.4 is 14.9 Å². The van der Waals surface area contributed by atoms with Crippen molar-refractivity contribution in [3.8, 4) is 5.75 Å². The Morgan fingerprint density at radius 2 is 1.89 bits per heavy atom. The van der Waals surface area contributed by atoms with Gasteiger partial charge in [-0.15, -0.1) is 0 Å². The Morgan fingerprint density at radius 1 is 1.20 bits per heavy atom. The fourth-order valence-corrected chi connectivity index (χ4v) is 4.49. The number of aliphatic hydroxyl groups excluding tert-OH is 1. The summed E-state index contributed by atoms with van der Waals surface area (Å²) in [7, 11) is -3.54. The summed E-state index contributed by atoms with van der Waals surface area (Å²) in [6.45, 7) is 4.18. The predicted octanol–water partition coefficient (Wildman–Crippen LogP) is 2.63. The molecule has 0 radical (unpaired) electrons. The Labute approximate surface area is 206 Å². The van der Waals surface area contributed by atoms with Crippen LogP contribution >= 0.6 is 0 Å². The zero-order chi connectivity index (χ0) is 25.4. The van der Waals surface area contributed by atoms with E-state index in [2.05, 4.69) is 14.9 Å². The molecular weight excluding hydrogens is 470 g/mol. The largest absolute Gasteiger partial charge is 0.506 e. The first-order valence-corrected chi connectivity index (χ1v) is 13.5. The number of hydrogen-bond acceptors (Lipinski definition) is 8. The highest BCUT2D eigenvalue weighted by Crippen LogP contribution is 2.28. The molecule has 0 aliphatic carbocycles. The Kier molecular flexibility index (Phi) is 9.13. The van der Waals surface area contributed by atoms with Gasteiger partial charge >= 0.3 is 5.97 Å². The highest BCUT2D eigenvalue weighted by Gasteiger charge is 2.21. The van der Waals surface area contributed by atoms with E-state index < -0.39 is 16.1 Å². The van der Waals surface area contributed by atoms with Crippen molar-refractivity contribution in [1.82, 2.24) is 5.32 Å². The highest BCUT2D eigenvalue weighted by atomic mass is 32.2. The quantitative estimate of drug-likeness (QED) is 0.221. The summed E-state index contributed by atoms with van der Waals surface area (Å²) in [5.41, 5.74) is 2.60. The number of carbonyl (C=O) groups excluding carboxylic acids is 1. The van der Waals surface area contributed by atoms with E-state index in [-0.39, 0.29) is 23.4 Å². The van der Waals surface area contributed by atoms with Crippen LogP contribution in [0.25, 0.3) is 6.08 Å². The normalized spacial score (nSPS) is 15.8. The SMILES string of the molecule is CCOC(=O)/C=C/c1ccc(N2CCC(NC[C@@H](O)c3ccc(O)c(NS(C)(=O)=O)c3)CC2)cc1. The number of phenols is 1. The summed E-state index contributed by atoms with van der Waals surface area (Å²) in [5.74, 6) is -0.553. The molecule has 3 rings (SSSR count). The molecule has 0 bridgehead atoms. The number of ether oxygens (including phenoxy) is 1. The van der Waals surface area contributed by atoms with Crippen LogP contribution in [0.1, 0.15) is 37.0 Å². The number of hydrogen-bond donors (Lipinski definition) is 4. The number of rotatable bonds is 10. The van der Waals surface area contributed by atoms with E-state index in [1.54, 1.807) is 19.1 Å². The van der Waals surface area contributed by atoms with Crippen molar-refractivity contribution in [3.63, 3.8) is 0 Å². The van der Waals surface area contributed by atoms with E-state index in [4.69, 9.17) is 4.74 Å². The van der Waals surface area contributed by atoms with Crippen LogP contribution in [0.3, 0.4) is 0 Å². The molecule has 10 heteroatoms. The molecule has 1 heterocycles. The summed E-state index contributed by atoms with van der Waals surface area (Å²) < 4.78 is 30.1. The number of aromatic hydroxyl groups is 1. The summed E-state index contributed by atoms with van der Waals surface area (Å²) in [5, 5.41) is 23.8. The van der Waals surface area contributed by atoms with E-state index in [1.165, 1.54) is 18.2 Å². The molecule has 1 atom stereocenters. The van der Waals surface area contributed by atoms with Crippen molar-refractivity contribution in [2.24, 2.45) is 0 Å². The van der Waals surface area contributed by atoms with Crippen LogP contribution in [0.4, 0.5) is 11.4 Å². The monoisotopic (exact) mass is 503 g/mol. The Bertz CT molecular complexity index is 1130. The zero-order valence-corrected chi connectivity index (χ0v) is 20.8. The van der Waals surface area contributed by atoms with Gasteiger partial charge in [0.1, 0.15) is 5.75 Å². The molecule has 0 aromatic heterocycles. The number of sulfonamides is 1. The van der Waals surface area contributed by atoms with Crippen LogP contribution in [0.5, 0.6) is 5.75 Å². The minimum atomic E-state index is -3.54. The number of anilines is 2. The molecule has 190 valence electrons. The van der Waals surface area contributed by atoms with Crippen LogP contribution in [0.2, 0.25) is 0 Å². The van der Waals surface area contributed by atoms with Crippen LogP contribution in [-0.2, 0) is 19.6 Å². The fourth-order valence-electron chi connectivity index (χ4n) is 3.93. The van der Waals surface area contributed by atoms with Crippen molar-refractivity contribution in [2.75, 3.05) is 42.1 Å². The van der Waals surface area contributed by atoms with Crippen LogP contribution in [0.15, 0.2) is 48.5 Å². The van der Waals surface area contributed by atoms with E-state index in [1.807, 2.05) is 24.3 Å². The number of benzene rings is 2. The van der Waals surface area contributed by atoms with Gasteiger partial charge in [-0.25, -0.2) is 13.2 Å². The van der Waals surface area contributed by atoms with Gasteiger partial charge in [0.25, 0.3) is 0 Å². The van der Waals surface area contributed by atoms with Crippen molar-refractivity contribution in [2.45, 2.75) is 31.9 Å². The lowest BCUT2D eigenvalue weighted by Crippen LogP contribution is -2.43. The second-order valence-corrected chi connectivity index (χ2v) is 10.3. The van der Waals surface area contributed by atoms with Gasteiger partial charge in [-0.3, -0.25) is 4.72 Å². The highest BCUT2D eigenvalue weighted by molar-refractivity contribution is 7.92. The standard InChI is InChI=1S/C25H33N3O6S/c1-3-34-25(31)11-6-18-4-8-21(9-5-18)28-14-12-20(13-15-28)26-17-24(30)19-7-10-23(29)22(16-19)27-35(2,32)33/h4-11,16,20,24,26-27,29-30H,3,12-15,17H2,1-2H3/b11-6+/t24-/m1/s1. The van der Waals surface area contributed by atoms with Crippen molar-refractivity contribution < 1.29 is 28.2 Å². The van der Waals surface area contributed by atoms with Crippen LogP contribution in [-0.4, -0.2) is 63.1 Å². The number of nitrogens with zero attached hydrogens (tertiary/aromatic N) is 1. The van der Waals surface area contributed by atoms with Crippen LogP contribution in [0, 0.1) is 0 Å². The first kappa shape index (κ1) is 26.5. The minimum absolute atomic E-state index is 0.0414. The van der Waals surface area contributed by atoms with Crippen molar-refractivity contribution >= 4 is 33.4 Å². The summed E-state index contributed by atoms with van der Waals surface area (Å²) in [6, 6.07) is 12.6. The van der Waals surface area contributed by atoms with Gasteiger partial charge in [0.05, 0.1) is 24.7 Å². The number of piperidine rings is 1. The maximum absolute atomic E-state index is 11.5. The number of esters is 1. The minimum Gasteiger partial charge on any atom is -0.506 e. The molecule has 0 amide bonds. The van der Waals surface area contributed by atoms with Gasteiger partial charge in [0, 0.05) is 37.4 Å². The Morgan fingerprint density at radius 3 is 2.51 bits per heavy atom. The molecular formula is C25H33N3O6S. The Balaban J connectivity index is 1.47. The molecule has 4 N–H and O–H groups in total. The Hall–Kier alpha value is -3.08. The fraction of sp³-hybridized carbons (Fsp3) is 0.400. The molecule has 1 fully saturated rings. The third kappa shape index (κ3) is 8.27. The topological polar surface area (TPSA) is 128 Å².